The highest BCUT2D eigenvalue weighted by molar-refractivity contribution is 7.15. The van der Waals surface area contributed by atoms with Crippen molar-refractivity contribution in [3.05, 3.63) is 133 Å². The third-order valence-electron chi connectivity index (χ3n) is 6.49. The molecule has 0 saturated carbocycles. The molecule has 204 valence electrons. The molecule has 3 aromatic heterocycles. The Labute approximate surface area is 239 Å². The monoisotopic (exact) mass is 561 g/mol. The summed E-state index contributed by atoms with van der Waals surface area (Å²) in [7, 11) is 0. The van der Waals surface area contributed by atoms with Gasteiger partial charge >= 0.3 is 0 Å². The molecule has 0 aliphatic heterocycles. The van der Waals surface area contributed by atoms with E-state index in [0.717, 1.165) is 45.0 Å². The normalized spacial score (nSPS) is 12.0. The molecule has 0 aliphatic carbocycles. The zero-order valence-electron chi connectivity index (χ0n) is 22.8. The fourth-order valence-corrected chi connectivity index (χ4v) is 5.38. The summed E-state index contributed by atoms with van der Waals surface area (Å²) in [4.78, 5) is 30.7. The number of nitrogens with zero attached hydrogens (tertiary/aromatic N) is 5. The van der Waals surface area contributed by atoms with Crippen molar-refractivity contribution in [3.8, 4) is 22.7 Å². The second-order valence-corrected chi connectivity index (χ2v) is 11.0. The molecular formula is C32H27N5O3S. The van der Waals surface area contributed by atoms with Crippen LogP contribution in [-0.4, -0.2) is 30.5 Å². The van der Waals surface area contributed by atoms with Crippen molar-refractivity contribution in [1.82, 2.24) is 24.4 Å². The van der Waals surface area contributed by atoms with Crippen LogP contribution in [0.3, 0.4) is 0 Å². The van der Waals surface area contributed by atoms with Crippen LogP contribution in [-0.2, 0) is 6.42 Å². The lowest BCUT2D eigenvalue weighted by molar-refractivity contribution is 0.242. The highest BCUT2D eigenvalue weighted by Crippen LogP contribution is 2.27. The van der Waals surface area contributed by atoms with Crippen molar-refractivity contribution in [3.63, 3.8) is 0 Å². The van der Waals surface area contributed by atoms with Crippen molar-refractivity contribution in [2.75, 3.05) is 0 Å². The van der Waals surface area contributed by atoms with E-state index >= 15 is 0 Å². The summed E-state index contributed by atoms with van der Waals surface area (Å²) in [5, 5.41) is 9.27. The highest BCUT2D eigenvalue weighted by Gasteiger charge is 2.15. The third kappa shape index (κ3) is 5.57. The predicted octanol–water partition coefficient (Wildman–Crippen LogP) is 4.60. The molecule has 9 heteroatoms. The lowest BCUT2D eigenvalue weighted by atomic mass is 10.1. The number of fused-ring (bicyclic) bond motifs is 1. The van der Waals surface area contributed by atoms with Crippen LogP contribution in [0.5, 0.6) is 5.75 Å². The van der Waals surface area contributed by atoms with Crippen LogP contribution in [0.4, 0.5) is 0 Å². The molecule has 41 heavy (non-hydrogen) atoms. The van der Waals surface area contributed by atoms with Crippen LogP contribution in [0.15, 0.2) is 94.6 Å². The second kappa shape index (κ2) is 10.9. The van der Waals surface area contributed by atoms with E-state index < -0.39 is 5.56 Å². The molecule has 0 amide bonds. The predicted molar refractivity (Wildman–Crippen MR) is 161 cm³/mol. The number of benzene rings is 3. The molecule has 3 heterocycles. The molecule has 0 spiro atoms. The van der Waals surface area contributed by atoms with Gasteiger partial charge in [-0.2, -0.15) is 19.7 Å². The molecule has 8 nitrogen and oxygen atoms in total. The maximum absolute atomic E-state index is 13.5. The summed E-state index contributed by atoms with van der Waals surface area (Å²) in [5.74, 6) is 0.770. The summed E-state index contributed by atoms with van der Waals surface area (Å²) in [5.41, 5.74) is 4.74. The van der Waals surface area contributed by atoms with Gasteiger partial charge in [0.1, 0.15) is 17.1 Å². The van der Waals surface area contributed by atoms with E-state index in [1.807, 2.05) is 106 Å². The second-order valence-electron chi connectivity index (χ2n) is 10.0. The number of thiazole rings is 1. The smallest absolute Gasteiger partial charge is 0.296 e. The largest absolute Gasteiger partial charge is 0.491 e. The number of rotatable bonds is 7. The molecule has 0 unspecified atom stereocenters. The molecule has 0 fully saturated rings. The van der Waals surface area contributed by atoms with Crippen molar-refractivity contribution in [2.24, 2.45) is 0 Å². The van der Waals surface area contributed by atoms with E-state index in [0.29, 0.717) is 16.6 Å². The SMILES string of the molecule is Cc1ccc(Cc2nn3c(=O)/c(=C/c4cn(-c5ccccc5)nc4-c4ccc(OC(C)C)cc4)sc3nc2=O)cc1. The van der Waals surface area contributed by atoms with Gasteiger partial charge in [-0.3, -0.25) is 9.59 Å². The highest BCUT2D eigenvalue weighted by atomic mass is 32.1. The Morgan fingerprint density at radius 2 is 1.66 bits per heavy atom. The van der Waals surface area contributed by atoms with E-state index in [2.05, 4.69) is 10.1 Å². The van der Waals surface area contributed by atoms with Gasteiger partial charge in [0.2, 0.25) is 4.96 Å². The average Bonchev–Trinajstić information content (AvgIpc) is 3.51. The molecular weight excluding hydrogens is 534 g/mol. The van der Waals surface area contributed by atoms with Crippen LogP contribution in [0, 0.1) is 6.92 Å². The minimum atomic E-state index is -0.431. The van der Waals surface area contributed by atoms with Gasteiger partial charge in [-0.05, 0) is 68.8 Å². The standard InChI is InChI=1S/C32H27N5O3S/c1-20(2)40-26-15-13-23(14-16-26)29-24(19-36(35-29)25-7-5-4-6-8-25)18-28-31(39)37-32(41-28)33-30(38)27(34-37)17-22-11-9-21(3)10-12-22/h4-16,18-20H,17H2,1-3H3/b28-18-. The zero-order valence-corrected chi connectivity index (χ0v) is 23.6. The minimum absolute atomic E-state index is 0.0669. The van der Waals surface area contributed by atoms with Crippen molar-refractivity contribution in [1.29, 1.82) is 0 Å². The summed E-state index contributed by atoms with van der Waals surface area (Å²) in [6, 6.07) is 25.4. The van der Waals surface area contributed by atoms with Crippen molar-refractivity contribution in [2.45, 2.75) is 33.3 Å². The molecule has 6 rings (SSSR count). The van der Waals surface area contributed by atoms with E-state index in [9.17, 15) is 9.59 Å². The Bertz CT molecular complexity index is 2010. The quantitative estimate of drug-likeness (QED) is 0.283. The van der Waals surface area contributed by atoms with E-state index in [-0.39, 0.29) is 22.3 Å². The Kier molecular flexibility index (Phi) is 7.03. The first-order chi connectivity index (χ1) is 19.8. The summed E-state index contributed by atoms with van der Waals surface area (Å²) in [6.07, 6.45) is 4.04. The van der Waals surface area contributed by atoms with E-state index in [1.54, 1.807) is 10.8 Å². The number of aromatic nitrogens is 5. The molecule has 0 atom stereocenters. The summed E-state index contributed by atoms with van der Waals surface area (Å²) < 4.78 is 9.22. The fourth-order valence-electron chi connectivity index (χ4n) is 4.49. The molecule has 0 saturated heterocycles. The van der Waals surface area contributed by atoms with Crippen LogP contribution >= 0.6 is 11.3 Å². The van der Waals surface area contributed by atoms with Gasteiger partial charge in [-0.1, -0.05) is 59.4 Å². The lowest BCUT2D eigenvalue weighted by Gasteiger charge is -2.09. The maximum Gasteiger partial charge on any atom is 0.296 e. The first kappa shape index (κ1) is 26.3. The summed E-state index contributed by atoms with van der Waals surface area (Å²) in [6.45, 7) is 5.97. The topological polar surface area (TPSA) is 91.4 Å². The average molecular weight is 562 g/mol. The van der Waals surface area contributed by atoms with Gasteiger partial charge in [0.25, 0.3) is 11.1 Å². The van der Waals surface area contributed by atoms with Crippen LogP contribution in [0.2, 0.25) is 0 Å². The molecule has 3 aromatic carbocycles. The lowest BCUT2D eigenvalue weighted by Crippen LogP contribution is -2.28. The summed E-state index contributed by atoms with van der Waals surface area (Å²) >= 11 is 1.13. The van der Waals surface area contributed by atoms with Crippen molar-refractivity contribution < 1.29 is 4.74 Å². The molecule has 0 radical (unpaired) electrons. The number of para-hydroxylation sites is 1. The Morgan fingerprint density at radius 3 is 2.37 bits per heavy atom. The molecule has 0 bridgehead atoms. The number of aryl methyl sites for hydroxylation is 1. The zero-order chi connectivity index (χ0) is 28.5. The van der Waals surface area contributed by atoms with Crippen LogP contribution < -0.4 is 20.4 Å². The first-order valence-corrected chi connectivity index (χ1v) is 14.1. The van der Waals surface area contributed by atoms with E-state index in [4.69, 9.17) is 9.84 Å². The van der Waals surface area contributed by atoms with E-state index in [1.165, 1.54) is 4.52 Å². The van der Waals surface area contributed by atoms with Gasteiger partial charge in [-0.25, -0.2) is 4.68 Å². The fraction of sp³-hybridized carbons (Fsp3) is 0.156. The van der Waals surface area contributed by atoms with Crippen LogP contribution in [0.1, 0.15) is 36.2 Å². The van der Waals surface area contributed by atoms with Gasteiger partial charge in [0.15, 0.2) is 0 Å². The number of hydrogen-bond acceptors (Lipinski definition) is 7. The Morgan fingerprint density at radius 1 is 0.927 bits per heavy atom. The van der Waals surface area contributed by atoms with Gasteiger partial charge in [0, 0.05) is 23.7 Å². The number of hydrogen-bond donors (Lipinski definition) is 0. The number of ether oxygens (including phenoxy) is 1. The van der Waals surface area contributed by atoms with Gasteiger partial charge in [0.05, 0.1) is 16.3 Å². The minimum Gasteiger partial charge on any atom is -0.491 e. The third-order valence-corrected chi connectivity index (χ3v) is 7.45. The maximum atomic E-state index is 13.5. The van der Waals surface area contributed by atoms with Gasteiger partial charge in [-0.15, -0.1) is 0 Å². The molecule has 0 aliphatic rings. The molecule has 0 N–H and O–H groups in total. The van der Waals surface area contributed by atoms with Gasteiger partial charge < -0.3 is 4.74 Å². The van der Waals surface area contributed by atoms with Crippen LogP contribution in [0.25, 0.3) is 28.0 Å². The Hall–Kier alpha value is -4.89. The molecule has 6 aromatic rings. The first-order valence-electron chi connectivity index (χ1n) is 13.3. The van der Waals surface area contributed by atoms with Crippen molar-refractivity contribution >= 4 is 22.4 Å². The Balaban J connectivity index is 1.45.